The van der Waals surface area contributed by atoms with Crippen LogP contribution in [0.15, 0.2) is 18.7 Å². The third kappa shape index (κ3) is 2.11. The van der Waals surface area contributed by atoms with Gasteiger partial charge in [0.05, 0.1) is 0 Å². The lowest BCUT2D eigenvalue weighted by Crippen LogP contribution is -1.95. The van der Waals surface area contributed by atoms with Crippen molar-refractivity contribution in [1.82, 2.24) is 0 Å². The third-order valence-electron chi connectivity index (χ3n) is 2.27. The minimum absolute atomic E-state index is 0.883. The molecule has 1 aromatic rings. The van der Waals surface area contributed by atoms with Crippen molar-refractivity contribution in [1.29, 1.82) is 0 Å². The average Bonchev–Trinajstić information content (AvgIpc) is 2.11. The van der Waals surface area contributed by atoms with E-state index in [2.05, 4.69) is 25.6 Å². The van der Waals surface area contributed by atoms with Gasteiger partial charge in [-0.1, -0.05) is 26.0 Å². The topological polar surface area (TPSA) is 26.0 Å². The van der Waals surface area contributed by atoms with E-state index in [0.29, 0.717) is 0 Å². The summed E-state index contributed by atoms with van der Waals surface area (Å²) < 4.78 is 0. The first-order chi connectivity index (χ1) is 6.19. The Balaban J connectivity index is 3.16. The van der Waals surface area contributed by atoms with Crippen LogP contribution < -0.4 is 5.73 Å². The van der Waals surface area contributed by atoms with Crippen LogP contribution in [0.4, 0.5) is 5.69 Å². The first kappa shape index (κ1) is 9.85. The van der Waals surface area contributed by atoms with E-state index in [0.717, 1.165) is 24.1 Å². The molecule has 0 amide bonds. The Labute approximate surface area is 80.3 Å². The van der Waals surface area contributed by atoms with Crippen molar-refractivity contribution in [2.75, 3.05) is 5.73 Å². The van der Waals surface area contributed by atoms with Gasteiger partial charge in [-0.2, -0.15) is 0 Å². The van der Waals surface area contributed by atoms with Gasteiger partial charge in [0.2, 0.25) is 0 Å². The zero-order valence-electron chi connectivity index (χ0n) is 8.43. The van der Waals surface area contributed by atoms with Gasteiger partial charge in [0.25, 0.3) is 0 Å². The lowest BCUT2D eigenvalue weighted by molar-refractivity contribution is 0.919. The number of rotatable bonds is 3. The van der Waals surface area contributed by atoms with E-state index in [9.17, 15) is 0 Å². The van der Waals surface area contributed by atoms with Gasteiger partial charge in [-0.3, -0.25) is 0 Å². The van der Waals surface area contributed by atoms with Gasteiger partial charge in [-0.05, 0) is 42.2 Å². The molecule has 0 fully saturated rings. The van der Waals surface area contributed by atoms with Crippen LogP contribution in [0.1, 0.15) is 30.0 Å². The number of anilines is 1. The predicted molar refractivity (Wildman–Crippen MR) is 59.7 cm³/mol. The Morgan fingerprint density at radius 2 is 2.15 bits per heavy atom. The summed E-state index contributed by atoms with van der Waals surface area (Å²) in [6.07, 6.45) is 4.12. The highest BCUT2D eigenvalue weighted by Gasteiger charge is 2.01. The van der Waals surface area contributed by atoms with Crippen molar-refractivity contribution < 1.29 is 0 Å². The van der Waals surface area contributed by atoms with Crippen LogP contribution in [0.25, 0.3) is 6.08 Å². The SMILES string of the molecule is C=Cc1cc(C)c(N)cc1CCC. The number of nitrogen functional groups attached to an aromatic ring is 1. The third-order valence-corrected chi connectivity index (χ3v) is 2.27. The summed E-state index contributed by atoms with van der Waals surface area (Å²) in [4.78, 5) is 0. The molecule has 0 aliphatic rings. The van der Waals surface area contributed by atoms with Gasteiger partial charge in [0.1, 0.15) is 0 Å². The summed E-state index contributed by atoms with van der Waals surface area (Å²) in [5, 5.41) is 0. The minimum atomic E-state index is 0.883. The Hall–Kier alpha value is -1.24. The van der Waals surface area contributed by atoms with Crippen molar-refractivity contribution in [2.45, 2.75) is 26.7 Å². The molecule has 1 aromatic carbocycles. The fraction of sp³-hybridized carbons (Fsp3) is 0.333. The quantitative estimate of drug-likeness (QED) is 0.701. The molecule has 0 spiro atoms. The first-order valence-corrected chi connectivity index (χ1v) is 4.70. The van der Waals surface area contributed by atoms with E-state index in [1.165, 1.54) is 11.1 Å². The Morgan fingerprint density at radius 1 is 1.46 bits per heavy atom. The molecule has 0 saturated heterocycles. The second kappa shape index (κ2) is 4.13. The first-order valence-electron chi connectivity index (χ1n) is 4.70. The van der Waals surface area contributed by atoms with E-state index in [1.807, 2.05) is 13.0 Å². The molecular weight excluding hydrogens is 158 g/mol. The minimum Gasteiger partial charge on any atom is -0.399 e. The molecule has 0 aliphatic carbocycles. The monoisotopic (exact) mass is 175 g/mol. The van der Waals surface area contributed by atoms with Crippen molar-refractivity contribution in [3.05, 3.63) is 35.4 Å². The summed E-state index contributed by atoms with van der Waals surface area (Å²) in [6.45, 7) is 8.00. The van der Waals surface area contributed by atoms with Crippen LogP contribution in [0.2, 0.25) is 0 Å². The normalized spacial score (nSPS) is 10.0. The molecule has 0 aromatic heterocycles. The molecule has 0 unspecified atom stereocenters. The van der Waals surface area contributed by atoms with Gasteiger partial charge >= 0.3 is 0 Å². The molecule has 2 N–H and O–H groups in total. The fourth-order valence-electron chi connectivity index (χ4n) is 1.47. The number of hydrogen-bond acceptors (Lipinski definition) is 1. The van der Waals surface area contributed by atoms with Crippen LogP contribution in [-0.4, -0.2) is 0 Å². The number of benzene rings is 1. The highest BCUT2D eigenvalue weighted by molar-refractivity contribution is 5.60. The summed E-state index contributed by atoms with van der Waals surface area (Å²) in [5.41, 5.74) is 10.4. The molecule has 0 aliphatic heterocycles. The number of hydrogen-bond donors (Lipinski definition) is 1. The van der Waals surface area contributed by atoms with Crippen LogP contribution in [0.5, 0.6) is 0 Å². The molecule has 0 bridgehead atoms. The second-order valence-electron chi connectivity index (χ2n) is 3.36. The van der Waals surface area contributed by atoms with Crippen LogP contribution in [-0.2, 0) is 6.42 Å². The standard InChI is InChI=1S/C12H17N/c1-4-6-11-8-12(13)9(3)7-10(11)5-2/h5,7-8H,2,4,6,13H2,1,3H3. The van der Waals surface area contributed by atoms with Crippen LogP contribution in [0.3, 0.4) is 0 Å². The lowest BCUT2D eigenvalue weighted by atomic mass is 9.99. The summed E-state index contributed by atoms with van der Waals surface area (Å²) in [7, 11) is 0. The molecule has 1 nitrogen and oxygen atoms in total. The Kier molecular flexibility index (Phi) is 3.13. The molecule has 0 heterocycles. The zero-order valence-corrected chi connectivity index (χ0v) is 8.43. The zero-order chi connectivity index (χ0) is 9.84. The average molecular weight is 175 g/mol. The van der Waals surface area contributed by atoms with Gasteiger partial charge in [0, 0.05) is 5.69 Å². The van der Waals surface area contributed by atoms with Crippen LogP contribution in [0, 0.1) is 6.92 Å². The fourth-order valence-corrected chi connectivity index (χ4v) is 1.47. The predicted octanol–water partition coefficient (Wildman–Crippen LogP) is 3.17. The maximum atomic E-state index is 5.84. The van der Waals surface area contributed by atoms with E-state index >= 15 is 0 Å². The highest BCUT2D eigenvalue weighted by Crippen LogP contribution is 2.20. The molecule has 1 rings (SSSR count). The van der Waals surface area contributed by atoms with Gasteiger partial charge < -0.3 is 5.73 Å². The molecule has 13 heavy (non-hydrogen) atoms. The Morgan fingerprint density at radius 3 is 2.69 bits per heavy atom. The van der Waals surface area contributed by atoms with E-state index in [4.69, 9.17) is 5.73 Å². The van der Waals surface area contributed by atoms with Crippen molar-refractivity contribution in [3.8, 4) is 0 Å². The van der Waals surface area contributed by atoms with Crippen molar-refractivity contribution in [2.24, 2.45) is 0 Å². The van der Waals surface area contributed by atoms with E-state index in [1.54, 1.807) is 0 Å². The summed E-state index contributed by atoms with van der Waals surface area (Å²) >= 11 is 0. The maximum Gasteiger partial charge on any atom is 0.0346 e. The molecule has 70 valence electrons. The Bertz CT molecular complexity index is 313. The number of nitrogens with two attached hydrogens (primary N) is 1. The van der Waals surface area contributed by atoms with Crippen molar-refractivity contribution in [3.63, 3.8) is 0 Å². The maximum absolute atomic E-state index is 5.84. The molecule has 1 heteroatoms. The number of aryl methyl sites for hydroxylation is 2. The second-order valence-corrected chi connectivity index (χ2v) is 3.36. The van der Waals surface area contributed by atoms with Gasteiger partial charge in [-0.15, -0.1) is 0 Å². The smallest absolute Gasteiger partial charge is 0.0346 e. The van der Waals surface area contributed by atoms with E-state index in [-0.39, 0.29) is 0 Å². The molecule has 0 atom stereocenters. The molecule has 0 radical (unpaired) electrons. The molecule has 0 saturated carbocycles. The summed E-state index contributed by atoms with van der Waals surface area (Å²) in [6, 6.07) is 4.17. The highest BCUT2D eigenvalue weighted by atomic mass is 14.6. The molecular formula is C12H17N. The van der Waals surface area contributed by atoms with E-state index < -0.39 is 0 Å². The van der Waals surface area contributed by atoms with Crippen molar-refractivity contribution >= 4 is 11.8 Å². The van der Waals surface area contributed by atoms with Gasteiger partial charge in [-0.25, -0.2) is 0 Å². The summed E-state index contributed by atoms with van der Waals surface area (Å²) in [5.74, 6) is 0. The largest absolute Gasteiger partial charge is 0.399 e. The van der Waals surface area contributed by atoms with Gasteiger partial charge in [0.15, 0.2) is 0 Å². The van der Waals surface area contributed by atoms with Crippen LogP contribution >= 0.6 is 0 Å². The lowest BCUT2D eigenvalue weighted by Gasteiger charge is -2.08.